The first kappa shape index (κ1) is 90.1. The van der Waals surface area contributed by atoms with Gasteiger partial charge in [-0.25, -0.2) is 0 Å². The summed E-state index contributed by atoms with van der Waals surface area (Å²) in [6.07, 6.45) is 0.215. The number of carbonyl (C=O) groups excluding carboxylic acids is 7. The van der Waals surface area contributed by atoms with Gasteiger partial charge < -0.3 is 20.5 Å². The average molecular weight is 681 g/mol. The topological polar surface area (TPSA) is 197 Å². The third-order valence-corrected chi connectivity index (χ3v) is 2.90. The van der Waals surface area contributed by atoms with E-state index in [9.17, 15) is 28.8 Å². The molecule has 3 N–H and O–H groups in total. The van der Waals surface area contributed by atoms with E-state index in [0.29, 0.717) is 6.47 Å². The molecule has 14 nitrogen and oxygen atoms in total. The molecule has 0 spiro atoms. The monoisotopic (exact) mass is 681 g/mol. The Morgan fingerprint density at radius 3 is 0.717 bits per heavy atom. The van der Waals surface area contributed by atoms with Crippen molar-refractivity contribution in [3.63, 3.8) is 0 Å². The van der Waals surface area contributed by atoms with Crippen LogP contribution in [0.2, 0.25) is 0 Å². The highest BCUT2D eigenvalue weighted by molar-refractivity contribution is 6.14. The summed E-state index contributed by atoms with van der Waals surface area (Å²) in [7, 11) is 7.47. The molecule has 0 bridgehead atoms. The van der Waals surface area contributed by atoms with Gasteiger partial charge in [0.2, 0.25) is 35.4 Å². The zero-order chi connectivity index (χ0) is 34.4. The van der Waals surface area contributed by atoms with Crippen molar-refractivity contribution in [2.45, 2.75) is 134 Å². The van der Waals surface area contributed by atoms with Crippen molar-refractivity contribution in [1.82, 2.24) is 20.4 Å². The molecule has 6 amide bonds. The van der Waals surface area contributed by atoms with Gasteiger partial charge in [0.25, 0.3) is 12.4 Å². The number of β-lactam (4-membered cyclic amide) rings is 4. The maximum absolute atomic E-state index is 10.1. The lowest BCUT2D eigenvalue weighted by Gasteiger charge is -2.22. The normalized spacial score (nSPS) is 9.04. The van der Waals surface area contributed by atoms with Gasteiger partial charge in [-0.15, -0.1) is 0 Å². The number of likely N-dealkylation sites (tertiary alicyclic amines) is 2. The number of hydrogen-bond acceptors (Lipinski definition) is 9. The Bertz CT molecular complexity index is 595. The quantitative estimate of drug-likeness (QED) is 0.166. The smallest absolute Gasteiger partial charge is 0.300 e. The molecule has 2 rings (SSSR count). The van der Waals surface area contributed by atoms with Crippen molar-refractivity contribution in [2.75, 3.05) is 35.3 Å². The van der Waals surface area contributed by atoms with Gasteiger partial charge >= 0.3 is 0 Å². The van der Waals surface area contributed by atoms with Gasteiger partial charge in [0.1, 0.15) is 12.8 Å². The number of aliphatic carboxylic acids is 1. The summed E-state index contributed by atoms with van der Waals surface area (Å²) in [6.45, 7) is 20.4. The van der Waals surface area contributed by atoms with Crippen molar-refractivity contribution < 1.29 is 48.2 Å². The molecule has 0 unspecified atom stereocenters. The van der Waals surface area contributed by atoms with Gasteiger partial charge in [0, 0.05) is 49.0 Å². The van der Waals surface area contributed by atoms with E-state index in [1.54, 1.807) is 14.1 Å². The molecular formula is C32H80N4O10. The van der Waals surface area contributed by atoms with Crippen LogP contribution in [0.4, 0.5) is 0 Å². The van der Waals surface area contributed by atoms with Crippen molar-refractivity contribution in [2.24, 2.45) is 0 Å². The molecule has 46 heavy (non-hydrogen) atoms. The number of carboxylic acids is 1. The molecule has 2 aliphatic heterocycles. The van der Waals surface area contributed by atoms with Gasteiger partial charge in [-0.3, -0.25) is 48.2 Å². The zero-order valence-corrected chi connectivity index (χ0v) is 27.5. The number of carbonyl (C=O) groups is 8. The molecule has 2 fully saturated rings. The van der Waals surface area contributed by atoms with Crippen LogP contribution in [-0.2, 0) is 43.1 Å². The van der Waals surface area contributed by atoms with E-state index >= 15 is 0 Å². The first-order valence-electron chi connectivity index (χ1n) is 12.7. The second-order valence-corrected chi connectivity index (χ2v) is 5.51. The van der Waals surface area contributed by atoms with Crippen LogP contribution in [0.15, 0.2) is 0 Å². The van der Waals surface area contributed by atoms with E-state index in [0.717, 1.165) is 16.7 Å². The Hall–Kier alpha value is -3.84. The van der Waals surface area contributed by atoms with Crippen molar-refractivity contribution >= 4 is 47.9 Å². The summed E-state index contributed by atoms with van der Waals surface area (Å²) in [5, 5.41) is 12.2. The lowest BCUT2D eigenvalue weighted by atomic mass is 10.2. The molecule has 0 aromatic rings. The molecule has 0 aromatic carbocycles. The fraction of sp³-hybridized carbons (Fsp3) is 0.750. The highest BCUT2D eigenvalue weighted by Gasteiger charge is 2.30. The van der Waals surface area contributed by atoms with E-state index in [2.05, 4.69) is 15.4 Å². The van der Waals surface area contributed by atoms with Crippen LogP contribution in [0.3, 0.4) is 0 Å². The minimum atomic E-state index is -0.833. The Kier molecular flexibility index (Phi) is 153. The summed E-state index contributed by atoms with van der Waals surface area (Å²) >= 11 is 0. The Morgan fingerprint density at radius 2 is 0.717 bits per heavy atom. The standard InChI is InChI=1S/2C4H5NO2.2C3H7NO.2C2H4O2.4C2H6.6CH4/c2*1-5-3(6)2-4(5)7;2*1-3(5)4-2;1-4-2-3;1-2(3)4;4*1-2;;;;;;/h2*2H2,1H3;2*1-2H3,(H,4,5);2H,1H3;1H3,(H,3,4);4*1-2H3;6*1H4. The number of methoxy groups -OCH3 is 1. The summed E-state index contributed by atoms with van der Waals surface area (Å²) in [5.41, 5.74) is 0. The zero-order valence-electron chi connectivity index (χ0n) is 27.5. The van der Waals surface area contributed by atoms with Gasteiger partial charge in [-0.05, 0) is 0 Å². The SMILES string of the molecule is C.C.C.C.C.C.CC.CC.CC.CC.CC(=O)O.CN1C(=O)CC1=O.CN1C(=O)CC1=O.CNC(C)=O.CNC(C)=O.COC=O. The fourth-order valence-electron chi connectivity index (χ4n) is 0.829. The van der Waals surface area contributed by atoms with Crippen molar-refractivity contribution in [3.8, 4) is 0 Å². The van der Waals surface area contributed by atoms with E-state index in [4.69, 9.17) is 14.7 Å². The fourth-order valence-corrected chi connectivity index (χ4v) is 0.829. The second-order valence-electron chi connectivity index (χ2n) is 5.51. The minimum absolute atomic E-state index is 0. The number of imide groups is 2. The van der Waals surface area contributed by atoms with Crippen LogP contribution in [0, 0.1) is 0 Å². The average Bonchev–Trinajstić information content (AvgIpc) is 2.98. The number of carboxylic acid groups (broad SMARTS) is 1. The molecule has 2 aliphatic rings. The van der Waals surface area contributed by atoms with Crippen molar-refractivity contribution in [3.05, 3.63) is 0 Å². The second kappa shape index (κ2) is 78.1. The van der Waals surface area contributed by atoms with E-state index < -0.39 is 5.97 Å². The molecule has 0 saturated carbocycles. The highest BCUT2D eigenvalue weighted by atomic mass is 16.5. The van der Waals surface area contributed by atoms with Crippen LogP contribution in [0.5, 0.6) is 0 Å². The molecule has 0 radical (unpaired) electrons. The minimum Gasteiger partial charge on any atom is -0.481 e. The Balaban J connectivity index is -0.0000000210. The number of amides is 6. The summed E-state index contributed by atoms with van der Waals surface area (Å²) in [4.78, 5) is 80.2. The van der Waals surface area contributed by atoms with Crippen LogP contribution in [-0.4, -0.2) is 98.1 Å². The molecule has 2 heterocycles. The van der Waals surface area contributed by atoms with Crippen molar-refractivity contribution in [1.29, 1.82) is 0 Å². The summed E-state index contributed by atoms with van der Waals surface area (Å²) in [5.74, 6) is -1.14. The maximum Gasteiger partial charge on any atom is 0.300 e. The first-order valence-corrected chi connectivity index (χ1v) is 12.7. The molecule has 0 aliphatic carbocycles. The predicted molar refractivity (Wildman–Crippen MR) is 196 cm³/mol. The van der Waals surface area contributed by atoms with Crippen LogP contribution >= 0.6 is 0 Å². The van der Waals surface area contributed by atoms with Gasteiger partial charge in [0.05, 0.1) is 7.11 Å². The lowest BCUT2D eigenvalue weighted by Crippen LogP contribution is -2.45. The van der Waals surface area contributed by atoms with Gasteiger partial charge in [-0.1, -0.05) is 99.9 Å². The lowest BCUT2D eigenvalue weighted by molar-refractivity contribution is -0.157. The third-order valence-electron chi connectivity index (χ3n) is 2.90. The Morgan fingerprint density at radius 1 is 0.609 bits per heavy atom. The molecular weight excluding hydrogens is 600 g/mol. The number of nitrogens with one attached hydrogen (secondary N) is 2. The van der Waals surface area contributed by atoms with Gasteiger partial charge in [0.15, 0.2) is 0 Å². The molecule has 288 valence electrons. The third kappa shape index (κ3) is 97.3. The largest absolute Gasteiger partial charge is 0.481 e. The number of hydrogen-bond donors (Lipinski definition) is 3. The van der Waals surface area contributed by atoms with E-state index in [1.807, 2.05) is 55.4 Å². The molecule has 0 aromatic heterocycles. The van der Waals surface area contributed by atoms with Gasteiger partial charge in [-0.2, -0.15) is 0 Å². The number of rotatable bonds is 1. The molecule has 0 atom stereocenters. The molecule has 14 heteroatoms. The predicted octanol–water partition coefficient (Wildman–Crippen LogP) is 6.06. The summed E-state index contributed by atoms with van der Waals surface area (Å²) in [6, 6.07) is 0. The first-order chi connectivity index (χ1) is 18.6. The van der Waals surface area contributed by atoms with E-state index in [-0.39, 0.29) is 92.8 Å². The van der Waals surface area contributed by atoms with Crippen LogP contribution < -0.4 is 10.6 Å². The van der Waals surface area contributed by atoms with Crippen LogP contribution in [0.1, 0.15) is 134 Å². The summed E-state index contributed by atoms with van der Waals surface area (Å²) < 4.78 is 3.86. The Labute approximate surface area is 285 Å². The maximum atomic E-state index is 10.1. The number of ether oxygens (including phenoxy) is 1. The number of nitrogens with zero attached hydrogens (tertiary/aromatic N) is 2. The molecule has 2 saturated heterocycles. The highest BCUT2D eigenvalue weighted by Crippen LogP contribution is 2.05. The van der Waals surface area contributed by atoms with Crippen LogP contribution in [0.25, 0.3) is 0 Å². The van der Waals surface area contributed by atoms with E-state index in [1.165, 1.54) is 35.1 Å².